The molecule has 3 fully saturated rings. The number of hydrogen-bond donors (Lipinski definition) is 3. The summed E-state index contributed by atoms with van der Waals surface area (Å²) in [5, 5.41) is 14.5. The van der Waals surface area contributed by atoms with Gasteiger partial charge in [-0.15, -0.1) is 11.6 Å². The van der Waals surface area contributed by atoms with E-state index in [1.54, 1.807) is 43.3 Å². The lowest BCUT2D eigenvalue weighted by Crippen LogP contribution is -2.69. The molecule has 13 heteroatoms. The Kier molecular flexibility index (Phi) is 10.5. The molecule has 4 aliphatic rings. The number of Topliss-reactive ketones (excluding diaryl/α,β-unsaturated/α-hetero) is 1. The molecule has 3 saturated carbocycles. The van der Waals surface area contributed by atoms with Gasteiger partial charge in [0.15, 0.2) is 18.0 Å². The highest BCUT2D eigenvalue weighted by Gasteiger charge is 2.76. The number of benzene rings is 1. The zero-order valence-corrected chi connectivity index (χ0v) is 30.1. The van der Waals surface area contributed by atoms with Crippen molar-refractivity contribution in [2.24, 2.45) is 28.6 Å². The van der Waals surface area contributed by atoms with Crippen LogP contribution in [0.3, 0.4) is 0 Å². The maximum Gasteiger partial charge on any atom is 0.409 e. The molecule has 0 radical (unpaired) electrons. The number of aliphatic hydroxyl groups is 1. The van der Waals surface area contributed by atoms with Gasteiger partial charge in [-0.3, -0.25) is 14.4 Å². The fraction of sp³-hybridized carbons (Fsp3) is 0.595. The quantitative estimate of drug-likeness (QED) is 0.133. The van der Waals surface area contributed by atoms with Crippen molar-refractivity contribution in [3.8, 4) is 0 Å². The van der Waals surface area contributed by atoms with Crippen molar-refractivity contribution in [2.75, 3.05) is 32.5 Å². The van der Waals surface area contributed by atoms with Crippen molar-refractivity contribution in [3.63, 3.8) is 0 Å². The number of nitrogens with zero attached hydrogens (tertiary/aromatic N) is 1. The first-order valence-electron chi connectivity index (χ1n) is 17.2. The number of carbonyl (C=O) groups excluding carboxylic acids is 5. The Morgan fingerprint density at radius 3 is 2.50 bits per heavy atom. The van der Waals surface area contributed by atoms with Crippen LogP contribution in [0.5, 0.6) is 0 Å². The van der Waals surface area contributed by atoms with Crippen molar-refractivity contribution < 1.29 is 43.3 Å². The highest BCUT2D eigenvalue weighted by molar-refractivity contribution is 6.26. The van der Waals surface area contributed by atoms with E-state index in [1.165, 1.54) is 18.0 Å². The summed E-state index contributed by atoms with van der Waals surface area (Å²) >= 11 is 7.56. The van der Waals surface area contributed by atoms with Crippen LogP contribution >= 0.6 is 11.6 Å². The lowest BCUT2D eigenvalue weighted by atomic mass is 9.45. The number of nitrogen functional groups attached to an aromatic ring is 1. The first-order valence-corrected chi connectivity index (χ1v) is 17.6. The number of likely N-dealkylation sites (N-methyl/N-ethyl adjacent to an activating group) is 1. The summed E-state index contributed by atoms with van der Waals surface area (Å²) in [5.41, 5.74) is 4.43. The van der Waals surface area contributed by atoms with Crippen LogP contribution in [-0.2, 0) is 35.2 Å². The fourth-order valence-electron chi connectivity index (χ4n) is 9.23. The van der Waals surface area contributed by atoms with E-state index in [4.69, 9.17) is 31.5 Å². The number of nitrogens with two attached hydrogens (primary N) is 1. The molecule has 1 aromatic rings. The number of ether oxygens (including phenoxy) is 3. The van der Waals surface area contributed by atoms with E-state index in [9.17, 15) is 29.1 Å². The van der Waals surface area contributed by atoms with Gasteiger partial charge in [-0.05, 0) is 67.4 Å². The predicted molar refractivity (Wildman–Crippen MR) is 185 cm³/mol. The van der Waals surface area contributed by atoms with Crippen molar-refractivity contribution in [3.05, 3.63) is 53.6 Å². The zero-order chi connectivity index (χ0) is 36.6. The molecule has 1 aromatic carbocycles. The third kappa shape index (κ3) is 6.18. The molecule has 0 aromatic heterocycles. The van der Waals surface area contributed by atoms with Crippen LogP contribution in [0, 0.1) is 28.6 Å². The number of halogens is 1. The number of esters is 1. The number of carbonyl (C=O) groups is 5. The van der Waals surface area contributed by atoms with Crippen molar-refractivity contribution >= 4 is 47.0 Å². The number of fused-ring (bicyclic) bond motifs is 5. The smallest absolute Gasteiger partial charge is 0.409 e. The van der Waals surface area contributed by atoms with Crippen LogP contribution in [-0.4, -0.2) is 83.1 Å². The second kappa shape index (κ2) is 14.0. The van der Waals surface area contributed by atoms with Crippen molar-refractivity contribution in [1.82, 2.24) is 10.2 Å². The normalized spacial score (nSPS) is 34.0. The number of aliphatic hydroxyl groups excluding tert-OH is 1. The van der Waals surface area contributed by atoms with Gasteiger partial charge in [0.2, 0.25) is 5.78 Å². The van der Waals surface area contributed by atoms with Gasteiger partial charge in [0, 0.05) is 49.0 Å². The highest BCUT2D eigenvalue weighted by atomic mass is 35.5. The minimum atomic E-state index is -1.69. The second-order valence-corrected chi connectivity index (χ2v) is 15.2. The number of amides is 2. The zero-order valence-electron chi connectivity index (χ0n) is 29.3. The largest absolute Gasteiger partial charge is 0.450 e. The van der Waals surface area contributed by atoms with Crippen LogP contribution in [0.4, 0.5) is 15.3 Å². The standard InChI is InChI=1S/C37H48ClN3O9/c1-6-31(45)50-37(30(44)21-48-32(46)40-15-16-41(5)33(47)49-20-23-7-10-25(39)11-8-23)22(2)17-28-27-12-9-24-18-26(42)13-14-34(24,3)36(27,38)29(43)19-35(28,37)4/h7-8,10-11,13-14,18,22,27-29,43H,6,9,12,15-17,19-21,39H2,1-5H3,(H,40,46)/t22-,27-,28?,29-,34-,35-,36-,37-/m0/s1. The predicted octanol–water partition coefficient (Wildman–Crippen LogP) is 4.71. The molecule has 5 rings (SSSR count). The number of nitrogens with one attached hydrogen (secondary N) is 1. The average molecular weight is 714 g/mol. The van der Waals surface area contributed by atoms with E-state index in [0.29, 0.717) is 24.9 Å². The van der Waals surface area contributed by atoms with Gasteiger partial charge in [-0.2, -0.15) is 0 Å². The van der Waals surface area contributed by atoms with Gasteiger partial charge in [0.05, 0.1) is 11.0 Å². The van der Waals surface area contributed by atoms with Gasteiger partial charge in [0.25, 0.3) is 0 Å². The number of ketones is 2. The highest BCUT2D eigenvalue weighted by Crippen LogP contribution is 2.72. The maximum absolute atomic E-state index is 14.3. The van der Waals surface area contributed by atoms with Crippen LogP contribution in [0.2, 0.25) is 0 Å². The van der Waals surface area contributed by atoms with E-state index in [1.807, 2.05) is 20.8 Å². The van der Waals surface area contributed by atoms with E-state index in [0.717, 1.165) is 11.1 Å². The second-order valence-electron chi connectivity index (χ2n) is 14.6. The summed E-state index contributed by atoms with van der Waals surface area (Å²) in [5.74, 6) is -2.22. The number of anilines is 1. The number of alkyl carbamates (subject to hydrolysis) is 1. The summed E-state index contributed by atoms with van der Waals surface area (Å²) in [4.78, 5) is 64.8. The van der Waals surface area contributed by atoms with Gasteiger partial charge in [-0.25, -0.2) is 9.59 Å². The molecule has 0 saturated heterocycles. The van der Waals surface area contributed by atoms with Crippen molar-refractivity contribution in [1.29, 1.82) is 0 Å². The van der Waals surface area contributed by atoms with Gasteiger partial charge in [0.1, 0.15) is 6.61 Å². The monoisotopic (exact) mass is 713 g/mol. The molecule has 4 N–H and O–H groups in total. The van der Waals surface area contributed by atoms with Crippen LogP contribution in [0.15, 0.2) is 48.1 Å². The third-order valence-corrected chi connectivity index (χ3v) is 12.8. The summed E-state index contributed by atoms with van der Waals surface area (Å²) < 4.78 is 16.8. The number of hydrogen-bond acceptors (Lipinski definition) is 10. The fourth-order valence-corrected chi connectivity index (χ4v) is 9.75. The Balaban J connectivity index is 1.26. The Morgan fingerprint density at radius 1 is 1.12 bits per heavy atom. The van der Waals surface area contributed by atoms with E-state index < -0.39 is 63.9 Å². The van der Waals surface area contributed by atoms with E-state index in [-0.39, 0.29) is 50.2 Å². The van der Waals surface area contributed by atoms with Crippen LogP contribution < -0.4 is 11.1 Å². The minimum absolute atomic E-state index is 0.0214. The van der Waals surface area contributed by atoms with E-state index in [2.05, 4.69) is 5.32 Å². The molecule has 0 heterocycles. The average Bonchev–Trinajstić information content (AvgIpc) is 3.29. The Morgan fingerprint density at radius 2 is 1.82 bits per heavy atom. The Bertz CT molecular complexity index is 1600. The first-order chi connectivity index (χ1) is 23.5. The molecule has 50 heavy (non-hydrogen) atoms. The number of alkyl halides is 1. The molecule has 272 valence electrons. The molecule has 12 nitrogen and oxygen atoms in total. The van der Waals surface area contributed by atoms with Gasteiger partial charge < -0.3 is 35.3 Å². The molecular weight excluding hydrogens is 666 g/mol. The lowest BCUT2D eigenvalue weighted by Gasteiger charge is -2.64. The lowest BCUT2D eigenvalue weighted by molar-refractivity contribution is -0.202. The molecule has 0 bridgehead atoms. The van der Waals surface area contributed by atoms with Crippen LogP contribution in [0.25, 0.3) is 0 Å². The molecule has 0 aliphatic heterocycles. The van der Waals surface area contributed by atoms with E-state index >= 15 is 0 Å². The minimum Gasteiger partial charge on any atom is -0.450 e. The molecule has 4 aliphatic carbocycles. The molecule has 0 spiro atoms. The Labute approximate surface area is 297 Å². The van der Waals surface area contributed by atoms with Gasteiger partial charge >= 0.3 is 18.2 Å². The van der Waals surface area contributed by atoms with Crippen molar-refractivity contribution in [2.45, 2.75) is 83.0 Å². The SMILES string of the molecule is CCC(=O)O[C@]1(C(=O)COC(=O)NCCN(C)C(=O)OCc2ccc(N)cc2)[C@@H](C)CC2[C@@H]3CCC4=CC(=O)C=C[C@]4(C)[C@@]3(Cl)[C@@H](O)C[C@@]21C. The summed E-state index contributed by atoms with van der Waals surface area (Å²) in [6.07, 6.45) is 4.11. The molecular formula is C37H48ClN3O9. The first kappa shape index (κ1) is 37.4. The molecule has 1 unspecified atom stereocenters. The third-order valence-electron chi connectivity index (χ3n) is 11.9. The topological polar surface area (TPSA) is 175 Å². The summed E-state index contributed by atoms with van der Waals surface area (Å²) in [7, 11) is 1.52. The molecule has 8 atom stereocenters. The molecule has 2 amide bonds. The summed E-state index contributed by atoms with van der Waals surface area (Å²) in [6.45, 7) is 6.84. The number of rotatable bonds is 10. The van der Waals surface area contributed by atoms with Gasteiger partial charge in [-0.1, -0.05) is 51.5 Å². The maximum atomic E-state index is 14.3. The Hall–Kier alpha value is -3.90. The van der Waals surface area contributed by atoms with Crippen LogP contribution in [0.1, 0.15) is 65.4 Å². The summed E-state index contributed by atoms with van der Waals surface area (Å²) in [6, 6.07) is 6.93. The number of allylic oxidation sites excluding steroid dienone is 4.